The third-order valence-electron chi connectivity index (χ3n) is 4.93. The number of carbonyl (C=O) groups is 2. The quantitative estimate of drug-likeness (QED) is 0.806. The van der Waals surface area contributed by atoms with E-state index in [-0.39, 0.29) is 11.8 Å². The summed E-state index contributed by atoms with van der Waals surface area (Å²) in [6.45, 7) is 0.914. The Kier molecular flexibility index (Phi) is 4.07. The van der Waals surface area contributed by atoms with E-state index in [2.05, 4.69) is 10.6 Å². The van der Waals surface area contributed by atoms with E-state index in [1.807, 2.05) is 0 Å². The summed E-state index contributed by atoms with van der Waals surface area (Å²) in [4.78, 5) is 26.7. The SMILES string of the molecule is O=C1NC2(CCN(C(=O)c3cccc(F)c3)CC2)Nc2cc(Cl)ccc21. The molecule has 0 radical (unpaired) electrons. The predicted octanol–water partition coefficient (Wildman–Crippen LogP) is 3.27. The van der Waals surface area contributed by atoms with Crippen molar-refractivity contribution in [3.63, 3.8) is 0 Å². The molecule has 0 bridgehead atoms. The van der Waals surface area contributed by atoms with Crippen molar-refractivity contribution in [2.45, 2.75) is 18.5 Å². The van der Waals surface area contributed by atoms with Crippen LogP contribution in [0.25, 0.3) is 0 Å². The maximum absolute atomic E-state index is 13.4. The molecule has 7 heteroatoms. The van der Waals surface area contributed by atoms with Crippen LogP contribution in [0.2, 0.25) is 5.02 Å². The Hall–Kier alpha value is -2.60. The van der Waals surface area contributed by atoms with Gasteiger partial charge in [-0.25, -0.2) is 4.39 Å². The first-order valence-electron chi connectivity index (χ1n) is 8.41. The second-order valence-electron chi connectivity index (χ2n) is 6.65. The van der Waals surface area contributed by atoms with Gasteiger partial charge in [0.05, 0.1) is 11.3 Å². The second kappa shape index (κ2) is 6.29. The molecule has 0 unspecified atom stereocenters. The number of nitrogens with one attached hydrogen (secondary N) is 2. The summed E-state index contributed by atoms with van der Waals surface area (Å²) in [5.41, 5.74) is 0.983. The molecule has 134 valence electrons. The summed E-state index contributed by atoms with van der Waals surface area (Å²) >= 11 is 6.04. The highest BCUT2D eigenvalue weighted by atomic mass is 35.5. The van der Waals surface area contributed by atoms with Crippen LogP contribution in [-0.2, 0) is 0 Å². The molecule has 5 nitrogen and oxygen atoms in total. The topological polar surface area (TPSA) is 61.4 Å². The normalized spacial score (nSPS) is 18.1. The highest BCUT2D eigenvalue weighted by Gasteiger charge is 2.41. The van der Waals surface area contributed by atoms with Crippen molar-refractivity contribution in [1.82, 2.24) is 10.2 Å². The van der Waals surface area contributed by atoms with Crippen molar-refractivity contribution in [1.29, 1.82) is 0 Å². The van der Waals surface area contributed by atoms with Crippen LogP contribution in [0.15, 0.2) is 42.5 Å². The lowest BCUT2D eigenvalue weighted by molar-refractivity contribution is 0.0639. The molecule has 2 aliphatic rings. The fourth-order valence-corrected chi connectivity index (χ4v) is 3.71. The van der Waals surface area contributed by atoms with Gasteiger partial charge in [-0.05, 0) is 36.4 Å². The fraction of sp³-hybridized carbons (Fsp3) is 0.263. The van der Waals surface area contributed by atoms with Gasteiger partial charge in [0.2, 0.25) is 0 Å². The number of fused-ring (bicyclic) bond motifs is 1. The maximum Gasteiger partial charge on any atom is 0.255 e. The van der Waals surface area contributed by atoms with Gasteiger partial charge in [0.15, 0.2) is 0 Å². The maximum atomic E-state index is 13.4. The summed E-state index contributed by atoms with van der Waals surface area (Å²) in [5, 5.41) is 6.96. The molecule has 1 spiro atoms. The molecule has 2 heterocycles. The number of hydrogen-bond donors (Lipinski definition) is 2. The molecule has 0 saturated carbocycles. The minimum atomic E-state index is -0.604. The highest BCUT2D eigenvalue weighted by molar-refractivity contribution is 6.31. The zero-order chi connectivity index (χ0) is 18.3. The van der Waals surface area contributed by atoms with Gasteiger partial charge < -0.3 is 15.5 Å². The van der Waals surface area contributed by atoms with Gasteiger partial charge in [0, 0.05) is 36.5 Å². The third kappa shape index (κ3) is 3.01. The van der Waals surface area contributed by atoms with Crippen molar-refractivity contribution >= 4 is 29.1 Å². The molecule has 0 aromatic heterocycles. The fourth-order valence-electron chi connectivity index (χ4n) is 3.54. The average molecular weight is 374 g/mol. The number of likely N-dealkylation sites (tertiary alicyclic amines) is 1. The van der Waals surface area contributed by atoms with Gasteiger partial charge in [-0.3, -0.25) is 9.59 Å². The molecule has 2 aromatic carbocycles. The molecular formula is C19H17ClFN3O2. The molecular weight excluding hydrogens is 357 g/mol. The van der Waals surface area contributed by atoms with Crippen molar-refractivity contribution in [2.75, 3.05) is 18.4 Å². The van der Waals surface area contributed by atoms with Crippen LogP contribution >= 0.6 is 11.6 Å². The Bertz CT molecular complexity index is 894. The van der Waals surface area contributed by atoms with Crippen LogP contribution in [0.3, 0.4) is 0 Å². The Morgan fingerprint density at radius 2 is 1.88 bits per heavy atom. The van der Waals surface area contributed by atoms with E-state index in [4.69, 9.17) is 11.6 Å². The summed E-state index contributed by atoms with van der Waals surface area (Å²) in [7, 11) is 0. The minimum Gasteiger partial charge on any atom is -0.362 e. The average Bonchev–Trinajstić information content (AvgIpc) is 2.61. The molecule has 26 heavy (non-hydrogen) atoms. The van der Waals surface area contributed by atoms with Gasteiger partial charge >= 0.3 is 0 Å². The van der Waals surface area contributed by atoms with Crippen LogP contribution in [0.5, 0.6) is 0 Å². The Morgan fingerprint density at radius 3 is 2.62 bits per heavy atom. The molecule has 2 aliphatic heterocycles. The number of amides is 2. The van der Waals surface area contributed by atoms with Gasteiger partial charge in [-0.2, -0.15) is 0 Å². The molecule has 2 aromatic rings. The van der Waals surface area contributed by atoms with Crippen LogP contribution in [-0.4, -0.2) is 35.5 Å². The van der Waals surface area contributed by atoms with Crippen molar-refractivity contribution in [2.24, 2.45) is 0 Å². The summed E-state index contributed by atoms with van der Waals surface area (Å²) < 4.78 is 13.4. The lowest BCUT2D eigenvalue weighted by Gasteiger charge is -2.45. The first-order valence-corrected chi connectivity index (χ1v) is 8.79. The first-order chi connectivity index (χ1) is 12.5. The van der Waals surface area contributed by atoms with Crippen molar-refractivity contribution in [3.05, 3.63) is 64.4 Å². The lowest BCUT2D eigenvalue weighted by atomic mass is 9.92. The Balaban J connectivity index is 1.50. The van der Waals surface area contributed by atoms with Crippen molar-refractivity contribution in [3.8, 4) is 0 Å². The van der Waals surface area contributed by atoms with Crippen LogP contribution in [0, 0.1) is 5.82 Å². The number of piperidine rings is 1. The first kappa shape index (κ1) is 16.8. The minimum absolute atomic E-state index is 0.152. The van der Waals surface area contributed by atoms with Gasteiger partial charge in [-0.15, -0.1) is 0 Å². The van der Waals surface area contributed by atoms with E-state index >= 15 is 0 Å². The molecule has 2 N–H and O–H groups in total. The number of hydrogen-bond acceptors (Lipinski definition) is 3. The molecule has 1 saturated heterocycles. The smallest absolute Gasteiger partial charge is 0.255 e. The van der Waals surface area contributed by atoms with E-state index < -0.39 is 11.5 Å². The monoisotopic (exact) mass is 373 g/mol. The third-order valence-corrected chi connectivity index (χ3v) is 5.16. The Labute approximate surface area is 155 Å². The van der Waals surface area contributed by atoms with E-state index in [0.717, 1.165) is 0 Å². The molecule has 4 rings (SSSR count). The highest BCUT2D eigenvalue weighted by Crippen LogP contribution is 2.33. The Morgan fingerprint density at radius 1 is 1.12 bits per heavy atom. The lowest BCUT2D eigenvalue weighted by Crippen LogP contribution is -2.62. The molecule has 1 fully saturated rings. The number of halogens is 2. The summed E-state index contributed by atoms with van der Waals surface area (Å²) in [6, 6.07) is 10.8. The zero-order valence-electron chi connectivity index (χ0n) is 13.9. The standard InChI is InChI=1S/C19H17ClFN3O2/c20-13-4-5-15-16(11-13)22-19(23-17(15)25)6-8-24(9-7-19)18(26)12-2-1-3-14(21)10-12/h1-5,10-11,22H,6-9H2,(H,23,25). The second-order valence-corrected chi connectivity index (χ2v) is 7.09. The van der Waals surface area contributed by atoms with Crippen LogP contribution in [0.4, 0.5) is 10.1 Å². The summed E-state index contributed by atoms with van der Waals surface area (Å²) in [6.07, 6.45) is 1.09. The van der Waals surface area contributed by atoms with E-state index in [0.29, 0.717) is 47.8 Å². The molecule has 0 atom stereocenters. The van der Waals surface area contributed by atoms with Gasteiger partial charge in [0.1, 0.15) is 11.5 Å². The van der Waals surface area contributed by atoms with Gasteiger partial charge in [-0.1, -0.05) is 17.7 Å². The van der Waals surface area contributed by atoms with E-state index in [1.54, 1.807) is 29.2 Å². The number of anilines is 1. The summed E-state index contributed by atoms with van der Waals surface area (Å²) in [5.74, 6) is -0.788. The van der Waals surface area contributed by atoms with Crippen LogP contribution < -0.4 is 10.6 Å². The van der Waals surface area contributed by atoms with E-state index in [1.165, 1.54) is 18.2 Å². The number of carbonyl (C=O) groups excluding carboxylic acids is 2. The molecule has 0 aliphatic carbocycles. The zero-order valence-corrected chi connectivity index (χ0v) is 14.6. The number of rotatable bonds is 1. The largest absolute Gasteiger partial charge is 0.362 e. The number of nitrogens with zero attached hydrogens (tertiary/aromatic N) is 1. The van der Waals surface area contributed by atoms with E-state index in [9.17, 15) is 14.0 Å². The van der Waals surface area contributed by atoms with Crippen molar-refractivity contribution < 1.29 is 14.0 Å². The predicted molar refractivity (Wildman–Crippen MR) is 96.8 cm³/mol. The number of benzene rings is 2. The molecule has 2 amide bonds. The van der Waals surface area contributed by atoms with Gasteiger partial charge in [0.25, 0.3) is 11.8 Å². The van der Waals surface area contributed by atoms with Crippen LogP contribution in [0.1, 0.15) is 33.6 Å².